The summed E-state index contributed by atoms with van der Waals surface area (Å²) in [5.74, 6) is 1.96. The fourth-order valence-electron chi connectivity index (χ4n) is 5.42. The van der Waals surface area contributed by atoms with Crippen LogP contribution >= 0.6 is 23.2 Å². The number of nitrogens with zero attached hydrogens (tertiary/aromatic N) is 5. The number of halogens is 2. The van der Waals surface area contributed by atoms with E-state index in [-0.39, 0.29) is 17.7 Å². The van der Waals surface area contributed by atoms with Crippen molar-refractivity contribution in [2.24, 2.45) is 11.3 Å². The van der Waals surface area contributed by atoms with E-state index in [4.69, 9.17) is 47.4 Å². The van der Waals surface area contributed by atoms with Crippen molar-refractivity contribution < 1.29 is 19.0 Å². The van der Waals surface area contributed by atoms with Crippen molar-refractivity contribution >= 4 is 51.7 Å². The number of pyridine rings is 1. The summed E-state index contributed by atoms with van der Waals surface area (Å²) in [5, 5.41) is 14.5. The summed E-state index contributed by atoms with van der Waals surface area (Å²) in [4.78, 5) is 28.4. The molecule has 0 bridgehead atoms. The summed E-state index contributed by atoms with van der Waals surface area (Å²) < 4.78 is 16.7. The van der Waals surface area contributed by atoms with E-state index in [0.29, 0.717) is 95.7 Å². The zero-order valence-electron chi connectivity index (χ0n) is 23.7. The Hall–Kier alpha value is -3.65. The number of carbonyl (C=O) groups excluding carboxylic acids is 1. The number of nitriles is 1. The van der Waals surface area contributed by atoms with Gasteiger partial charge in [-0.15, -0.1) is 0 Å². The van der Waals surface area contributed by atoms with E-state index >= 15 is 0 Å². The first kappa shape index (κ1) is 29.8. The predicted octanol–water partition coefficient (Wildman–Crippen LogP) is 5.72. The highest BCUT2D eigenvalue weighted by atomic mass is 35.5. The van der Waals surface area contributed by atoms with Gasteiger partial charge in [0.1, 0.15) is 17.0 Å². The number of ether oxygens (including phenoxy) is 3. The fourth-order valence-corrected chi connectivity index (χ4v) is 6.12. The number of rotatable bonds is 10. The molecule has 0 amide bonds. The Kier molecular flexibility index (Phi) is 8.73. The van der Waals surface area contributed by atoms with E-state index in [2.05, 4.69) is 27.8 Å². The average molecular weight is 612 g/mol. The molecule has 0 radical (unpaired) electrons. The van der Waals surface area contributed by atoms with E-state index in [0.717, 1.165) is 5.39 Å². The van der Waals surface area contributed by atoms with Crippen molar-refractivity contribution in [3.8, 4) is 28.8 Å². The van der Waals surface area contributed by atoms with Crippen molar-refractivity contribution in [1.82, 2.24) is 15.0 Å². The predicted molar refractivity (Wildman–Crippen MR) is 163 cm³/mol. The zero-order valence-corrected chi connectivity index (χ0v) is 25.3. The Labute approximate surface area is 254 Å². The number of ketones is 1. The van der Waals surface area contributed by atoms with Crippen LogP contribution in [0.2, 0.25) is 10.0 Å². The van der Waals surface area contributed by atoms with E-state index < -0.39 is 5.41 Å². The molecule has 4 heterocycles. The van der Waals surface area contributed by atoms with Gasteiger partial charge in [-0.05, 0) is 31.9 Å². The standard InChI is InChI=1S/C30H32Cl2N6O4/c1-5-19(39)7-6-17-13-42-14-21(17)36-29-34-12-18-10-20(24-25(31)22(40-3)11-23(41-4)26(24)32)35-28(27(18)37-29)38-9-8-30(2,15-33)16-38/h5,10-12,17,21H,1,6-9,13-14,16H2,2-4H3,(H,34,36,37)/t17-,21+,30?/m0/s1. The molecule has 0 aliphatic carbocycles. The molecule has 2 aliphatic rings. The number of anilines is 2. The Morgan fingerprint density at radius 3 is 2.64 bits per heavy atom. The molecule has 1 unspecified atom stereocenters. The molecule has 1 N–H and O–H groups in total. The third-order valence-electron chi connectivity index (χ3n) is 7.92. The maximum absolute atomic E-state index is 11.8. The first-order valence-corrected chi connectivity index (χ1v) is 14.4. The van der Waals surface area contributed by atoms with Crippen LogP contribution in [0.3, 0.4) is 0 Å². The molecule has 220 valence electrons. The number of fused-ring (bicyclic) bond motifs is 1. The molecular weight excluding hydrogens is 579 g/mol. The average Bonchev–Trinajstić information content (AvgIpc) is 3.62. The van der Waals surface area contributed by atoms with Crippen LogP contribution in [0.25, 0.3) is 22.2 Å². The van der Waals surface area contributed by atoms with Gasteiger partial charge in [0.15, 0.2) is 11.6 Å². The monoisotopic (exact) mass is 610 g/mol. The Morgan fingerprint density at radius 2 is 2.00 bits per heavy atom. The molecule has 42 heavy (non-hydrogen) atoms. The van der Waals surface area contributed by atoms with Crippen LogP contribution < -0.4 is 19.7 Å². The lowest BCUT2D eigenvalue weighted by Crippen LogP contribution is -2.29. The summed E-state index contributed by atoms with van der Waals surface area (Å²) in [6.45, 7) is 7.65. The normalized spacial score (nSPS) is 21.8. The van der Waals surface area contributed by atoms with Gasteiger partial charge in [0.2, 0.25) is 5.95 Å². The SMILES string of the molecule is C=CC(=O)CC[C@H]1COC[C@H]1Nc1ncc2cc(-c3c(Cl)c(OC)cc(OC)c3Cl)nc(N3CCC(C)(C#N)C3)c2n1. The van der Waals surface area contributed by atoms with E-state index in [1.165, 1.54) is 20.3 Å². The number of allylic oxidation sites excluding steroid dienone is 1. The Morgan fingerprint density at radius 1 is 1.26 bits per heavy atom. The molecule has 5 rings (SSSR count). The first-order chi connectivity index (χ1) is 20.2. The number of aromatic nitrogens is 3. The number of methoxy groups -OCH3 is 2. The molecule has 2 fully saturated rings. The lowest BCUT2D eigenvalue weighted by Gasteiger charge is -2.23. The van der Waals surface area contributed by atoms with Crippen molar-refractivity contribution in [2.75, 3.05) is 50.7 Å². The van der Waals surface area contributed by atoms with Crippen LogP contribution in [0.15, 0.2) is 31.0 Å². The summed E-state index contributed by atoms with van der Waals surface area (Å²) in [5.41, 5.74) is 1.06. The van der Waals surface area contributed by atoms with Gasteiger partial charge in [0.05, 0.1) is 60.7 Å². The van der Waals surface area contributed by atoms with E-state index in [9.17, 15) is 10.1 Å². The first-order valence-electron chi connectivity index (χ1n) is 13.6. The van der Waals surface area contributed by atoms with Crippen molar-refractivity contribution in [3.05, 3.63) is 41.0 Å². The molecule has 0 spiro atoms. The molecule has 10 nitrogen and oxygen atoms in total. The van der Waals surface area contributed by atoms with Crippen LogP contribution in [-0.4, -0.2) is 67.3 Å². The largest absolute Gasteiger partial charge is 0.495 e. The molecule has 0 saturated carbocycles. The molecule has 12 heteroatoms. The number of hydrogen-bond acceptors (Lipinski definition) is 10. The van der Waals surface area contributed by atoms with Crippen molar-refractivity contribution in [3.63, 3.8) is 0 Å². The van der Waals surface area contributed by atoms with Crippen LogP contribution in [0.4, 0.5) is 11.8 Å². The summed E-state index contributed by atoms with van der Waals surface area (Å²) in [6, 6.07) is 5.85. The fraction of sp³-hybridized carbons (Fsp3) is 0.433. The van der Waals surface area contributed by atoms with Crippen LogP contribution in [0.1, 0.15) is 26.2 Å². The Balaban J connectivity index is 1.58. The van der Waals surface area contributed by atoms with Gasteiger partial charge < -0.3 is 24.4 Å². The maximum Gasteiger partial charge on any atom is 0.223 e. The highest BCUT2D eigenvalue weighted by Gasteiger charge is 2.36. The van der Waals surface area contributed by atoms with Gasteiger partial charge in [0, 0.05) is 48.6 Å². The number of nitrogens with one attached hydrogen (secondary N) is 1. The van der Waals surface area contributed by atoms with Gasteiger partial charge in [-0.25, -0.2) is 15.0 Å². The molecule has 3 atom stereocenters. The minimum Gasteiger partial charge on any atom is -0.495 e. The third kappa shape index (κ3) is 5.82. The smallest absolute Gasteiger partial charge is 0.223 e. The molecule has 3 aromatic rings. The summed E-state index contributed by atoms with van der Waals surface area (Å²) in [6.07, 6.45) is 4.86. The van der Waals surface area contributed by atoms with Crippen LogP contribution in [-0.2, 0) is 9.53 Å². The minimum absolute atomic E-state index is 0.0120. The van der Waals surface area contributed by atoms with E-state index in [1.807, 2.05) is 13.0 Å². The lowest BCUT2D eigenvalue weighted by molar-refractivity contribution is -0.114. The molecule has 2 aromatic heterocycles. The zero-order chi connectivity index (χ0) is 30.0. The van der Waals surface area contributed by atoms with Crippen molar-refractivity contribution in [1.29, 1.82) is 5.26 Å². The number of carbonyl (C=O) groups is 1. The molecule has 1 aromatic carbocycles. The van der Waals surface area contributed by atoms with Gasteiger partial charge in [-0.2, -0.15) is 5.26 Å². The summed E-state index contributed by atoms with van der Waals surface area (Å²) in [7, 11) is 3.04. The topological polar surface area (TPSA) is 122 Å². The summed E-state index contributed by atoms with van der Waals surface area (Å²) >= 11 is 13.5. The van der Waals surface area contributed by atoms with Gasteiger partial charge in [0.25, 0.3) is 0 Å². The van der Waals surface area contributed by atoms with E-state index in [1.54, 1.807) is 12.3 Å². The van der Waals surface area contributed by atoms with Gasteiger partial charge in [-0.1, -0.05) is 29.8 Å². The molecule has 2 aliphatic heterocycles. The number of hydrogen-bond donors (Lipinski definition) is 1. The maximum atomic E-state index is 11.8. The van der Waals surface area contributed by atoms with Crippen LogP contribution in [0, 0.1) is 22.7 Å². The Bertz CT molecular complexity index is 1550. The van der Waals surface area contributed by atoms with Crippen LogP contribution in [0.5, 0.6) is 11.5 Å². The lowest BCUT2D eigenvalue weighted by atomic mass is 9.92. The second-order valence-corrected chi connectivity index (χ2v) is 11.6. The third-order valence-corrected chi connectivity index (χ3v) is 8.67. The highest BCUT2D eigenvalue weighted by Crippen LogP contribution is 2.47. The second-order valence-electron chi connectivity index (χ2n) is 10.8. The highest BCUT2D eigenvalue weighted by molar-refractivity contribution is 6.41. The molecule has 2 saturated heterocycles. The minimum atomic E-state index is -0.524. The number of benzene rings is 1. The quantitative estimate of drug-likeness (QED) is 0.285. The van der Waals surface area contributed by atoms with Gasteiger partial charge >= 0.3 is 0 Å². The second kappa shape index (κ2) is 12.3. The van der Waals surface area contributed by atoms with Crippen molar-refractivity contribution in [2.45, 2.75) is 32.2 Å². The molecular formula is C30H32Cl2N6O4. The van der Waals surface area contributed by atoms with Gasteiger partial charge in [-0.3, -0.25) is 4.79 Å².